The smallest absolute Gasteiger partial charge is 0.242 e. The van der Waals surface area contributed by atoms with E-state index in [9.17, 15) is 18.9 Å². The molecule has 0 fully saturated rings. The van der Waals surface area contributed by atoms with Crippen LogP contribution in [0.2, 0.25) is 0 Å². The van der Waals surface area contributed by atoms with Gasteiger partial charge in [0.2, 0.25) is 17.7 Å². The fraction of sp³-hybridized carbons (Fsp3) is 0.912. The molecule has 0 bridgehead atoms. The minimum absolute atomic E-state index is 0.00643. The molecule has 13 heteroatoms. The molecule has 47 heavy (non-hydrogen) atoms. The molecule has 0 aliphatic heterocycles. The number of hydrogen-bond donors (Lipinski definition) is 4. The Morgan fingerprint density at radius 3 is 1.62 bits per heavy atom. The van der Waals surface area contributed by atoms with Gasteiger partial charge in [-0.1, -0.05) is 12.8 Å². The van der Waals surface area contributed by atoms with Gasteiger partial charge in [0.15, 0.2) is 0 Å². The summed E-state index contributed by atoms with van der Waals surface area (Å²) in [7, 11) is 19.0. The largest absolute Gasteiger partial charge is 0.356 e. The van der Waals surface area contributed by atoms with Crippen molar-refractivity contribution in [3.63, 3.8) is 0 Å². The van der Waals surface area contributed by atoms with Gasteiger partial charge in [0.25, 0.3) is 0 Å². The first kappa shape index (κ1) is 47.2. The third kappa shape index (κ3) is 27.7. The molecule has 2 atom stereocenters. The highest BCUT2D eigenvalue weighted by atomic mass is 19.2. The standard InChI is InChI=1S/C32H67FN8O3.C2H7N/c1-34-21-13-11-19-29(40(8)33)32(44)41(26-16-22-35-30(42)20-10-9-14-24-37(2)3)27-17-23-36-31(43)28(39(6)7)18-12-15-25-38(4)5;1-3-2/h28-29,34H,9-27H2,1-8H3,(H,35,42)(H,36,43);3H,1-2H3. The summed E-state index contributed by atoms with van der Waals surface area (Å²) in [4.78, 5) is 46.6. The Balaban J connectivity index is 0. The molecule has 0 aromatic rings. The summed E-state index contributed by atoms with van der Waals surface area (Å²) in [5.74, 6) is -0.225. The highest BCUT2D eigenvalue weighted by Crippen LogP contribution is 2.13. The molecule has 0 aromatic carbocycles. The Bertz CT molecular complexity index is 773. The van der Waals surface area contributed by atoms with Crippen LogP contribution in [-0.4, -0.2) is 171 Å². The molecule has 0 saturated carbocycles. The van der Waals surface area contributed by atoms with Gasteiger partial charge in [-0.3, -0.25) is 19.3 Å². The molecule has 0 saturated heterocycles. The van der Waals surface area contributed by atoms with Crippen molar-refractivity contribution < 1.29 is 18.9 Å². The van der Waals surface area contributed by atoms with Gasteiger partial charge in [0.05, 0.1) is 6.04 Å². The van der Waals surface area contributed by atoms with Crippen LogP contribution in [0, 0.1) is 0 Å². The molecule has 0 aromatic heterocycles. The lowest BCUT2D eigenvalue weighted by Gasteiger charge is -2.29. The lowest BCUT2D eigenvalue weighted by Crippen LogP contribution is -2.47. The normalized spacial score (nSPS) is 12.7. The van der Waals surface area contributed by atoms with Crippen LogP contribution < -0.4 is 21.3 Å². The van der Waals surface area contributed by atoms with Crippen LogP contribution in [0.5, 0.6) is 0 Å². The van der Waals surface area contributed by atoms with Gasteiger partial charge in [-0.25, -0.2) is 0 Å². The van der Waals surface area contributed by atoms with Crippen LogP contribution in [0.1, 0.15) is 77.0 Å². The molecular weight excluding hydrogens is 601 g/mol. The summed E-state index contributed by atoms with van der Waals surface area (Å²) in [6.45, 7) is 4.57. The van der Waals surface area contributed by atoms with Gasteiger partial charge in [-0.15, -0.1) is 9.60 Å². The average Bonchev–Trinajstić information content (AvgIpc) is 2.99. The van der Waals surface area contributed by atoms with Gasteiger partial charge in [0, 0.05) is 39.6 Å². The van der Waals surface area contributed by atoms with Crippen molar-refractivity contribution in [2.75, 3.05) is 116 Å². The Morgan fingerprint density at radius 2 is 1.11 bits per heavy atom. The number of unbranched alkanes of at least 4 members (excludes halogenated alkanes) is 4. The van der Waals surface area contributed by atoms with E-state index in [-0.39, 0.29) is 23.8 Å². The van der Waals surface area contributed by atoms with Gasteiger partial charge < -0.3 is 36.0 Å². The van der Waals surface area contributed by atoms with Gasteiger partial charge in [-0.2, -0.15) is 0 Å². The van der Waals surface area contributed by atoms with E-state index in [1.807, 2.05) is 68.3 Å². The SMILES string of the molecule is CNC.CNCCCCC(C(=O)N(CCCNC(=O)CCCCCN(C)C)CCCNC(=O)C(CCCCN(C)C)N(C)C)N(C)F. The molecule has 0 heterocycles. The van der Waals surface area contributed by atoms with Gasteiger partial charge >= 0.3 is 0 Å². The van der Waals surface area contributed by atoms with Gasteiger partial charge in [0.1, 0.15) is 6.04 Å². The molecule has 0 aliphatic rings. The Hall–Kier alpha value is -1.90. The minimum atomic E-state index is -0.849. The maximum absolute atomic E-state index is 14.5. The Labute approximate surface area is 287 Å². The fourth-order valence-corrected chi connectivity index (χ4v) is 5.10. The molecule has 0 aliphatic carbocycles. The summed E-state index contributed by atoms with van der Waals surface area (Å²) < 4.78 is 14.5. The molecule has 0 rings (SSSR count). The summed E-state index contributed by atoms with van der Waals surface area (Å²) in [6, 6.07) is -1.05. The fourth-order valence-electron chi connectivity index (χ4n) is 5.10. The van der Waals surface area contributed by atoms with Crippen LogP contribution in [0.25, 0.3) is 0 Å². The van der Waals surface area contributed by atoms with Crippen LogP contribution in [0.15, 0.2) is 0 Å². The van der Waals surface area contributed by atoms with E-state index < -0.39 is 6.04 Å². The van der Waals surface area contributed by atoms with Crippen LogP contribution in [0.3, 0.4) is 0 Å². The Morgan fingerprint density at radius 1 is 0.596 bits per heavy atom. The van der Waals surface area contributed by atoms with E-state index in [1.165, 1.54) is 7.05 Å². The third-order valence-electron chi connectivity index (χ3n) is 7.78. The zero-order valence-electron chi connectivity index (χ0n) is 31.9. The van der Waals surface area contributed by atoms with E-state index in [0.29, 0.717) is 57.0 Å². The lowest BCUT2D eigenvalue weighted by molar-refractivity contribution is -0.143. The van der Waals surface area contributed by atoms with E-state index in [1.54, 1.807) is 4.90 Å². The van der Waals surface area contributed by atoms with Crippen molar-refractivity contribution in [2.45, 2.75) is 89.1 Å². The van der Waals surface area contributed by atoms with Crippen molar-refractivity contribution in [3.05, 3.63) is 0 Å². The zero-order valence-corrected chi connectivity index (χ0v) is 31.9. The summed E-state index contributed by atoms with van der Waals surface area (Å²) in [6.07, 6.45) is 9.44. The second kappa shape index (κ2) is 31.4. The second-order valence-corrected chi connectivity index (χ2v) is 13.2. The lowest BCUT2D eigenvalue weighted by atomic mass is 10.1. The maximum atomic E-state index is 14.5. The molecule has 3 amide bonds. The third-order valence-corrected chi connectivity index (χ3v) is 7.78. The predicted octanol–water partition coefficient (Wildman–Crippen LogP) is 2.02. The van der Waals surface area contributed by atoms with Crippen molar-refractivity contribution in [1.29, 1.82) is 0 Å². The van der Waals surface area contributed by atoms with E-state index in [2.05, 4.69) is 31.1 Å². The molecule has 4 N–H and O–H groups in total. The van der Waals surface area contributed by atoms with E-state index in [0.717, 1.165) is 71.0 Å². The zero-order chi connectivity index (χ0) is 36.0. The van der Waals surface area contributed by atoms with Gasteiger partial charge in [-0.05, 0) is 141 Å². The number of hydrogen-bond acceptors (Lipinski definition) is 9. The summed E-state index contributed by atoms with van der Waals surface area (Å²) in [5, 5.41) is 12.4. The van der Waals surface area contributed by atoms with Crippen LogP contribution >= 0.6 is 0 Å². The monoisotopic (exact) mass is 676 g/mol. The van der Waals surface area contributed by atoms with Crippen molar-refractivity contribution >= 4 is 17.7 Å². The maximum Gasteiger partial charge on any atom is 0.242 e. The molecule has 280 valence electrons. The minimum Gasteiger partial charge on any atom is -0.356 e. The number of rotatable bonds is 28. The van der Waals surface area contributed by atoms with Crippen LogP contribution in [0.4, 0.5) is 4.48 Å². The molecule has 2 unspecified atom stereocenters. The van der Waals surface area contributed by atoms with E-state index >= 15 is 0 Å². The highest BCUT2D eigenvalue weighted by Gasteiger charge is 2.28. The number of halogens is 1. The number of nitrogens with one attached hydrogen (secondary N) is 4. The van der Waals surface area contributed by atoms with Crippen LogP contribution in [-0.2, 0) is 14.4 Å². The van der Waals surface area contributed by atoms with Crippen molar-refractivity contribution in [3.8, 4) is 0 Å². The molecular formula is C34H74FN9O3. The Kier molecular flexibility index (Phi) is 31.5. The first-order valence-corrected chi connectivity index (χ1v) is 17.7. The number of carbonyl (C=O) groups is 3. The highest BCUT2D eigenvalue weighted by molar-refractivity contribution is 5.82. The van der Waals surface area contributed by atoms with Crippen molar-refractivity contribution in [1.82, 2.24) is 46.0 Å². The molecule has 0 radical (unpaired) electrons. The molecule has 12 nitrogen and oxygen atoms in total. The number of nitrogens with zero attached hydrogens (tertiary/aromatic N) is 5. The quantitative estimate of drug-likeness (QED) is 0.0731. The predicted molar refractivity (Wildman–Crippen MR) is 194 cm³/mol. The van der Waals surface area contributed by atoms with Crippen molar-refractivity contribution in [2.24, 2.45) is 0 Å². The number of amides is 3. The summed E-state index contributed by atoms with van der Waals surface area (Å²) in [5.41, 5.74) is 0. The average molecular weight is 676 g/mol. The number of carbonyl (C=O) groups excluding carboxylic acids is 3. The second-order valence-electron chi connectivity index (χ2n) is 13.2. The first-order chi connectivity index (χ1) is 22.3. The summed E-state index contributed by atoms with van der Waals surface area (Å²) >= 11 is 0. The molecule has 0 spiro atoms. The number of likely N-dealkylation sites (N-methyl/N-ethyl adjacent to an activating group) is 2. The first-order valence-electron chi connectivity index (χ1n) is 17.7. The topological polar surface area (TPSA) is 116 Å². The van der Waals surface area contributed by atoms with E-state index in [4.69, 9.17) is 0 Å².